The highest BCUT2D eigenvalue weighted by atomic mass is 79.9. The van der Waals surface area contributed by atoms with Gasteiger partial charge in [0.2, 0.25) is 5.95 Å². The zero-order chi connectivity index (χ0) is 25.1. The fourth-order valence-electron chi connectivity index (χ4n) is 4.56. The van der Waals surface area contributed by atoms with E-state index in [4.69, 9.17) is 23.2 Å². The van der Waals surface area contributed by atoms with Gasteiger partial charge in [-0.05, 0) is 42.8 Å². The van der Waals surface area contributed by atoms with Crippen LogP contribution in [-0.4, -0.2) is 47.1 Å². The molecule has 1 amide bonds. The highest BCUT2D eigenvalue weighted by Crippen LogP contribution is 2.45. The minimum atomic E-state index is -4.09. The number of fused-ring (bicyclic) bond motifs is 1. The van der Waals surface area contributed by atoms with E-state index in [1.165, 1.54) is 15.7 Å². The number of benzene rings is 2. The number of hydrogen-bond donors (Lipinski definition) is 0. The second-order valence-electron chi connectivity index (χ2n) is 8.70. The molecule has 3 aromatic rings. The average molecular weight is 598 g/mol. The second kappa shape index (κ2) is 8.70. The topological polar surface area (TPSA) is 92.6 Å². The van der Waals surface area contributed by atoms with Gasteiger partial charge in [-0.15, -0.1) is 0 Å². The van der Waals surface area contributed by atoms with Gasteiger partial charge in [-0.1, -0.05) is 51.3 Å². The summed E-state index contributed by atoms with van der Waals surface area (Å²) >= 11 is 15.8. The first kappa shape index (κ1) is 24.5. The highest BCUT2D eigenvalue weighted by Gasteiger charge is 2.52. The van der Waals surface area contributed by atoms with Crippen LogP contribution in [0.3, 0.4) is 0 Å². The summed E-state index contributed by atoms with van der Waals surface area (Å²) in [6.07, 6.45) is 1.59. The summed E-state index contributed by atoms with van der Waals surface area (Å²) in [7, 11) is -4.09. The minimum absolute atomic E-state index is 0.0899. The molecule has 0 saturated carbocycles. The largest absolute Gasteiger partial charge is 0.298 e. The van der Waals surface area contributed by atoms with E-state index in [1.807, 2.05) is 24.3 Å². The fourth-order valence-corrected chi connectivity index (χ4v) is 6.94. The summed E-state index contributed by atoms with van der Waals surface area (Å²) in [6.45, 7) is 1.57. The molecule has 0 unspecified atom stereocenters. The molecule has 1 fully saturated rings. The van der Waals surface area contributed by atoms with Crippen LogP contribution in [0.5, 0.6) is 0 Å². The number of rotatable bonds is 5. The number of amides is 1. The zero-order valence-corrected chi connectivity index (χ0v) is 22.3. The van der Waals surface area contributed by atoms with Crippen molar-refractivity contribution in [1.82, 2.24) is 13.9 Å². The van der Waals surface area contributed by atoms with Crippen molar-refractivity contribution in [2.45, 2.75) is 30.3 Å². The van der Waals surface area contributed by atoms with E-state index in [0.29, 0.717) is 15.7 Å². The molecule has 1 aromatic heterocycles. The Kier molecular flexibility index (Phi) is 6.08. The van der Waals surface area contributed by atoms with Crippen LogP contribution >= 0.6 is 39.1 Å². The van der Waals surface area contributed by atoms with Crippen molar-refractivity contribution in [3.63, 3.8) is 0 Å². The fraction of sp³-hybridized carbons (Fsp3) is 0.261. The quantitative estimate of drug-likeness (QED) is 0.430. The van der Waals surface area contributed by atoms with E-state index in [0.717, 1.165) is 14.3 Å². The molecular weight excluding hydrogens is 579 g/mol. The lowest BCUT2D eigenvalue weighted by Gasteiger charge is -2.27. The maximum atomic E-state index is 14.0. The molecule has 0 spiro atoms. The first-order chi connectivity index (χ1) is 16.5. The number of carbonyl (C=O) groups is 2. The summed E-state index contributed by atoms with van der Waals surface area (Å²) < 4.78 is 30.6. The van der Waals surface area contributed by atoms with Crippen LogP contribution in [0, 0.1) is 0 Å². The Morgan fingerprint density at radius 1 is 1.09 bits per heavy atom. The monoisotopic (exact) mass is 596 g/mol. The Morgan fingerprint density at radius 2 is 1.74 bits per heavy atom. The van der Waals surface area contributed by atoms with Gasteiger partial charge in [0.25, 0.3) is 15.9 Å². The van der Waals surface area contributed by atoms with Crippen LogP contribution in [0.1, 0.15) is 18.9 Å². The molecule has 0 N–H and O–H groups in total. The third-order valence-electron chi connectivity index (χ3n) is 6.23. The van der Waals surface area contributed by atoms with Crippen molar-refractivity contribution in [3.8, 4) is 0 Å². The molecule has 1 saturated heterocycles. The SMILES string of the molecule is C[C@@]1(Cc2ccc(Br)cc2)C(=O)N(c2cc(Cl)cc(Cl)c2)c2ncc(S(=O)(=O)N3CCC(=O)C3)n21. The van der Waals surface area contributed by atoms with Crippen LogP contribution in [0.15, 0.2) is 58.2 Å². The number of Topliss-reactive ketones (excluding diaryl/α,β-unsaturated/α-hetero) is 1. The molecule has 2 aliphatic heterocycles. The van der Waals surface area contributed by atoms with Gasteiger partial charge < -0.3 is 0 Å². The number of halogens is 3. The van der Waals surface area contributed by atoms with E-state index in [-0.39, 0.29) is 48.6 Å². The summed E-state index contributed by atoms with van der Waals surface area (Å²) in [6, 6.07) is 12.1. The summed E-state index contributed by atoms with van der Waals surface area (Å²) in [4.78, 5) is 31.5. The van der Waals surface area contributed by atoms with Crippen molar-refractivity contribution >= 4 is 72.5 Å². The molecule has 0 bridgehead atoms. The number of aromatic nitrogens is 2. The summed E-state index contributed by atoms with van der Waals surface area (Å²) in [5, 5.41) is 0.498. The number of carbonyl (C=O) groups excluding carboxylic acids is 2. The molecule has 12 heteroatoms. The lowest BCUT2D eigenvalue weighted by atomic mass is 9.92. The van der Waals surface area contributed by atoms with Gasteiger partial charge >= 0.3 is 0 Å². The van der Waals surface area contributed by atoms with Crippen molar-refractivity contribution in [1.29, 1.82) is 0 Å². The molecule has 2 aromatic carbocycles. The molecule has 5 rings (SSSR count). The van der Waals surface area contributed by atoms with Gasteiger partial charge in [0.15, 0.2) is 5.03 Å². The molecule has 1 atom stereocenters. The normalized spacial score (nSPS) is 20.6. The number of sulfonamides is 1. The van der Waals surface area contributed by atoms with E-state index in [9.17, 15) is 18.0 Å². The Balaban J connectivity index is 1.69. The van der Waals surface area contributed by atoms with E-state index in [2.05, 4.69) is 20.9 Å². The Morgan fingerprint density at radius 3 is 2.34 bits per heavy atom. The van der Waals surface area contributed by atoms with Crippen LogP contribution in [-0.2, 0) is 31.6 Å². The first-order valence-electron chi connectivity index (χ1n) is 10.7. The number of nitrogens with zero attached hydrogens (tertiary/aromatic N) is 4. The number of hydrogen-bond acceptors (Lipinski definition) is 5. The van der Waals surface area contributed by atoms with Crippen molar-refractivity contribution < 1.29 is 18.0 Å². The molecule has 2 aliphatic rings. The Labute approximate surface area is 220 Å². The number of ketones is 1. The standard InChI is InChI=1S/C23H19BrCl2N4O4S/c1-23(11-14-2-4-15(24)5-3-14)21(32)29(18-9-16(25)8-17(26)10-18)22-27-12-20(30(22)23)35(33,34)28-7-6-19(31)13-28/h2-5,8-10,12H,6-7,11,13H2,1H3/t23-/m1/s1. The third-order valence-corrected chi connectivity index (χ3v) is 9.01. The van der Waals surface area contributed by atoms with E-state index < -0.39 is 15.6 Å². The molecule has 0 radical (unpaired) electrons. The second-order valence-corrected chi connectivity index (χ2v) is 12.4. The van der Waals surface area contributed by atoms with E-state index in [1.54, 1.807) is 25.1 Å². The lowest BCUT2D eigenvalue weighted by Crippen LogP contribution is -2.43. The van der Waals surface area contributed by atoms with Gasteiger partial charge in [-0.2, -0.15) is 4.31 Å². The molecule has 3 heterocycles. The molecular formula is C23H19BrCl2N4O4S. The highest BCUT2D eigenvalue weighted by molar-refractivity contribution is 9.10. The predicted molar refractivity (Wildman–Crippen MR) is 136 cm³/mol. The van der Waals surface area contributed by atoms with Gasteiger partial charge in [0.1, 0.15) is 11.3 Å². The molecule has 8 nitrogen and oxygen atoms in total. The smallest absolute Gasteiger partial charge is 0.260 e. The van der Waals surface area contributed by atoms with Crippen molar-refractivity contribution in [3.05, 3.63) is 68.7 Å². The van der Waals surface area contributed by atoms with Crippen LogP contribution in [0.25, 0.3) is 0 Å². The van der Waals surface area contributed by atoms with Crippen LogP contribution in [0.2, 0.25) is 10.0 Å². The third kappa shape index (κ3) is 4.11. The summed E-state index contributed by atoms with van der Waals surface area (Å²) in [5.41, 5.74) is -0.130. The maximum Gasteiger partial charge on any atom is 0.260 e. The molecule has 35 heavy (non-hydrogen) atoms. The van der Waals surface area contributed by atoms with Gasteiger partial charge in [0, 0.05) is 33.9 Å². The van der Waals surface area contributed by atoms with Crippen LogP contribution in [0.4, 0.5) is 11.6 Å². The molecule has 0 aliphatic carbocycles. The van der Waals surface area contributed by atoms with Crippen LogP contribution < -0.4 is 4.90 Å². The molecule has 182 valence electrons. The summed E-state index contributed by atoms with van der Waals surface area (Å²) in [5.74, 6) is -0.397. The predicted octanol–water partition coefficient (Wildman–Crippen LogP) is 4.55. The van der Waals surface area contributed by atoms with Gasteiger partial charge in [-0.25, -0.2) is 18.3 Å². The Bertz CT molecular complexity index is 1450. The number of imidazole rings is 1. The first-order valence-corrected chi connectivity index (χ1v) is 13.6. The van der Waals surface area contributed by atoms with Crippen molar-refractivity contribution in [2.24, 2.45) is 0 Å². The maximum absolute atomic E-state index is 14.0. The number of anilines is 2. The van der Waals surface area contributed by atoms with Gasteiger partial charge in [-0.3, -0.25) is 14.2 Å². The minimum Gasteiger partial charge on any atom is -0.298 e. The zero-order valence-electron chi connectivity index (χ0n) is 18.4. The Hall–Kier alpha value is -2.24. The van der Waals surface area contributed by atoms with E-state index >= 15 is 0 Å². The lowest BCUT2D eigenvalue weighted by molar-refractivity contribution is -0.124. The van der Waals surface area contributed by atoms with Crippen molar-refractivity contribution in [2.75, 3.05) is 18.0 Å². The average Bonchev–Trinajstić information content (AvgIpc) is 3.46. The van der Waals surface area contributed by atoms with Gasteiger partial charge in [0.05, 0.1) is 18.4 Å².